The number of carbonyl (C=O) groups excluding carboxylic acids is 2. The first-order chi connectivity index (χ1) is 19.8. The minimum atomic E-state index is -0.166. The van der Waals surface area contributed by atoms with Crippen LogP contribution in [0.1, 0.15) is 76.5 Å². The van der Waals surface area contributed by atoms with Gasteiger partial charge in [0.05, 0.1) is 22.6 Å². The lowest BCUT2D eigenvalue weighted by molar-refractivity contribution is -0.118. The van der Waals surface area contributed by atoms with Gasteiger partial charge in [0.2, 0.25) is 5.91 Å². The van der Waals surface area contributed by atoms with Gasteiger partial charge in [-0.15, -0.1) is 0 Å². The molecular formula is C34H40N2O4S. The minimum Gasteiger partial charge on any atom is -0.493 e. The Bertz CT molecular complexity index is 1340. The van der Waals surface area contributed by atoms with E-state index in [9.17, 15) is 9.59 Å². The van der Waals surface area contributed by atoms with Crippen molar-refractivity contribution in [1.29, 1.82) is 0 Å². The summed E-state index contributed by atoms with van der Waals surface area (Å²) in [4.78, 5) is 25.0. The summed E-state index contributed by atoms with van der Waals surface area (Å²) in [6, 6.07) is 16.4. The van der Waals surface area contributed by atoms with Gasteiger partial charge >= 0.3 is 0 Å². The van der Waals surface area contributed by atoms with E-state index in [1.54, 1.807) is 0 Å². The van der Waals surface area contributed by atoms with Gasteiger partial charge < -0.3 is 20.1 Å². The van der Waals surface area contributed by atoms with Crippen LogP contribution in [0, 0.1) is 11.8 Å². The molecule has 0 bridgehead atoms. The van der Waals surface area contributed by atoms with Crippen molar-refractivity contribution in [2.75, 3.05) is 6.61 Å². The zero-order chi connectivity index (χ0) is 28.8. The molecule has 0 saturated heterocycles. The lowest BCUT2D eigenvalue weighted by Crippen LogP contribution is -2.29. The second-order valence-corrected chi connectivity index (χ2v) is 12.5. The van der Waals surface area contributed by atoms with Crippen molar-refractivity contribution < 1.29 is 19.1 Å². The van der Waals surface area contributed by atoms with Crippen LogP contribution in [0.5, 0.6) is 11.5 Å². The van der Waals surface area contributed by atoms with Gasteiger partial charge in [0.1, 0.15) is 17.3 Å². The number of amides is 2. The maximum atomic E-state index is 13.0. The lowest BCUT2D eigenvalue weighted by atomic mass is 9.88. The van der Waals surface area contributed by atoms with Crippen LogP contribution in [0.3, 0.4) is 0 Å². The molecule has 2 N–H and O–H groups in total. The Hall–Kier alpha value is -3.45. The molecule has 1 heterocycles. The summed E-state index contributed by atoms with van der Waals surface area (Å²) in [7, 11) is 0. The molecule has 5 rings (SSSR count). The molecule has 2 amide bonds. The molecule has 216 valence electrons. The molecule has 1 saturated carbocycles. The molecule has 1 aliphatic heterocycles. The Labute approximate surface area is 247 Å². The van der Waals surface area contributed by atoms with Gasteiger partial charge in [-0.2, -0.15) is 0 Å². The molecule has 0 aromatic heterocycles. The highest BCUT2D eigenvalue weighted by Gasteiger charge is 2.23. The molecule has 2 aromatic rings. The number of rotatable bonds is 11. The van der Waals surface area contributed by atoms with E-state index < -0.39 is 0 Å². The molecule has 0 radical (unpaired) electrons. The first-order valence-corrected chi connectivity index (χ1v) is 15.5. The molecule has 7 heteroatoms. The summed E-state index contributed by atoms with van der Waals surface area (Å²) in [5.41, 5.74) is 3.36. The zero-order valence-electron chi connectivity index (χ0n) is 24.2. The van der Waals surface area contributed by atoms with Crippen LogP contribution in [0.2, 0.25) is 0 Å². The number of allylic oxidation sites excluding steroid dienone is 4. The first kappa shape index (κ1) is 29.1. The van der Waals surface area contributed by atoms with E-state index in [2.05, 4.69) is 41.0 Å². The molecular weight excluding hydrogens is 532 g/mol. The van der Waals surface area contributed by atoms with E-state index in [1.807, 2.05) is 44.2 Å². The van der Waals surface area contributed by atoms with Crippen molar-refractivity contribution in [3.8, 4) is 11.5 Å². The Morgan fingerprint density at radius 2 is 1.71 bits per heavy atom. The summed E-state index contributed by atoms with van der Waals surface area (Å²) in [6.45, 7) is 6.24. The van der Waals surface area contributed by atoms with Gasteiger partial charge in [-0.3, -0.25) is 9.59 Å². The van der Waals surface area contributed by atoms with Crippen LogP contribution in [-0.4, -0.2) is 18.4 Å². The van der Waals surface area contributed by atoms with Crippen LogP contribution in [0.4, 0.5) is 0 Å². The molecule has 6 nitrogen and oxygen atoms in total. The van der Waals surface area contributed by atoms with E-state index in [-0.39, 0.29) is 17.9 Å². The highest BCUT2D eigenvalue weighted by molar-refractivity contribution is 8.07. The Morgan fingerprint density at radius 3 is 2.37 bits per heavy atom. The molecule has 3 aliphatic rings. The van der Waals surface area contributed by atoms with E-state index in [4.69, 9.17) is 9.47 Å². The topological polar surface area (TPSA) is 76.7 Å². The van der Waals surface area contributed by atoms with Crippen LogP contribution in [0.25, 0.3) is 0 Å². The predicted octanol–water partition coefficient (Wildman–Crippen LogP) is 7.35. The second-order valence-electron chi connectivity index (χ2n) is 11.4. The van der Waals surface area contributed by atoms with Gasteiger partial charge in [0.15, 0.2) is 0 Å². The third-order valence-corrected chi connectivity index (χ3v) is 9.01. The first-order valence-electron chi connectivity index (χ1n) is 14.7. The molecule has 2 unspecified atom stereocenters. The van der Waals surface area contributed by atoms with E-state index >= 15 is 0 Å². The molecule has 41 heavy (non-hydrogen) atoms. The highest BCUT2D eigenvalue weighted by Crippen LogP contribution is 2.34. The fourth-order valence-corrected chi connectivity index (χ4v) is 6.08. The van der Waals surface area contributed by atoms with Crippen molar-refractivity contribution in [1.82, 2.24) is 10.6 Å². The van der Waals surface area contributed by atoms with Crippen LogP contribution < -0.4 is 20.1 Å². The van der Waals surface area contributed by atoms with E-state index in [0.717, 1.165) is 66.6 Å². The molecule has 2 aromatic carbocycles. The van der Waals surface area contributed by atoms with Gasteiger partial charge in [0, 0.05) is 13.3 Å². The monoisotopic (exact) mass is 572 g/mol. The van der Waals surface area contributed by atoms with Crippen LogP contribution in [-0.2, 0) is 16.0 Å². The van der Waals surface area contributed by atoms with Gasteiger partial charge in [-0.25, -0.2) is 0 Å². The van der Waals surface area contributed by atoms with Crippen LogP contribution in [0.15, 0.2) is 81.9 Å². The third kappa shape index (κ3) is 8.52. The van der Waals surface area contributed by atoms with Crippen molar-refractivity contribution in [2.24, 2.45) is 11.8 Å². The number of nitrogens with one attached hydrogen (secondary N) is 2. The van der Waals surface area contributed by atoms with Crippen molar-refractivity contribution >= 4 is 23.6 Å². The quantitative estimate of drug-likeness (QED) is 0.295. The summed E-state index contributed by atoms with van der Waals surface area (Å²) in [5.74, 6) is 3.94. The largest absolute Gasteiger partial charge is 0.493 e. The highest BCUT2D eigenvalue weighted by atomic mass is 32.2. The van der Waals surface area contributed by atoms with E-state index in [1.165, 1.54) is 37.1 Å². The SMILES string of the molecule is CC(=O)NC1=CCC(C)=C(C(=O)NC(C)c2ccc(OC3=CCC(Cc4ccc(OCC5CC5)cc4)CC3)cc2)S1. The van der Waals surface area contributed by atoms with E-state index in [0.29, 0.717) is 22.3 Å². The number of ether oxygens (including phenoxy) is 2. The maximum Gasteiger partial charge on any atom is 0.258 e. The number of hydrogen-bond acceptors (Lipinski definition) is 5. The van der Waals surface area contributed by atoms with Gasteiger partial charge in [-0.05, 0) is 117 Å². The van der Waals surface area contributed by atoms with Crippen LogP contribution >= 0.6 is 11.8 Å². The third-order valence-electron chi connectivity index (χ3n) is 7.78. The summed E-state index contributed by atoms with van der Waals surface area (Å²) in [6.07, 6.45) is 11.6. The Balaban J connectivity index is 1.07. The standard InChI is InChI=1S/C34H40N2O4S/c1-22-4-19-32(36-24(3)37)41-33(22)34(38)35-23(2)28-11-17-31(18-12-28)40-30-15-9-26(10-16-30)20-25-7-13-29(14-8-25)39-21-27-5-6-27/h7-8,11-15,17-19,23,26-27H,4-6,9-10,16,20-21H2,1-3H3,(H,35,38)(H,36,37). The maximum absolute atomic E-state index is 13.0. The van der Waals surface area contributed by atoms with Crippen molar-refractivity contribution in [2.45, 2.75) is 71.8 Å². The average Bonchev–Trinajstić information content (AvgIpc) is 3.79. The summed E-state index contributed by atoms with van der Waals surface area (Å²) < 4.78 is 12.1. The Kier molecular flexibility index (Phi) is 9.55. The molecule has 2 aliphatic carbocycles. The normalized spacial score (nSPS) is 19.5. The smallest absolute Gasteiger partial charge is 0.258 e. The van der Waals surface area contributed by atoms with Gasteiger partial charge in [-0.1, -0.05) is 36.0 Å². The lowest BCUT2D eigenvalue weighted by Gasteiger charge is -2.23. The molecule has 1 fully saturated rings. The van der Waals surface area contributed by atoms with Gasteiger partial charge in [0.25, 0.3) is 5.91 Å². The fraction of sp³-hybridized carbons (Fsp3) is 0.412. The zero-order valence-corrected chi connectivity index (χ0v) is 25.0. The summed E-state index contributed by atoms with van der Waals surface area (Å²) >= 11 is 1.31. The average molecular weight is 573 g/mol. The number of carbonyl (C=O) groups is 2. The predicted molar refractivity (Wildman–Crippen MR) is 164 cm³/mol. The molecule has 0 spiro atoms. The number of thioether (sulfide) groups is 1. The minimum absolute atomic E-state index is 0.129. The Morgan fingerprint density at radius 1 is 0.976 bits per heavy atom. The molecule has 2 atom stereocenters. The summed E-state index contributed by atoms with van der Waals surface area (Å²) in [5, 5.41) is 6.58. The fourth-order valence-electron chi connectivity index (χ4n) is 5.09. The number of benzene rings is 2. The number of hydrogen-bond donors (Lipinski definition) is 2. The van der Waals surface area contributed by atoms with Crippen molar-refractivity contribution in [3.05, 3.63) is 93.1 Å². The second kappa shape index (κ2) is 13.5. The van der Waals surface area contributed by atoms with Crippen molar-refractivity contribution in [3.63, 3.8) is 0 Å².